The molecule has 1 heterocycles. The summed E-state index contributed by atoms with van der Waals surface area (Å²) >= 11 is 0. The van der Waals surface area contributed by atoms with Crippen LogP contribution in [-0.2, 0) is 0 Å². The van der Waals surface area contributed by atoms with Crippen LogP contribution in [0.1, 0.15) is 33.5 Å². The molecule has 1 atom stereocenters. The van der Waals surface area contributed by atoms with Crippen LogP contribution in [0, 0.1) is 13.8 Å². The van der Waals surface area contributed by atoms with Crippen molar-refractivity contribution in [2.45, 2.75) is 32.2 Å². The molecule has 4 nitrogen and oxygen atoms in total. The van der Waals surface area contributed by atoms with Crippen LogP contribution in [-0.4, -0.2) is 33.6 Å². The average Bonchev–Trinajstić information content (AvgIpc) is 2.94. The van der Waals surface area contributed by atoms with Gasteiger partial charge in [-0.25, -0.2) is 0 Å². The van der Waals surface area contributed by atoms with Gasteiger partial charge in [0, 0.05) is 5.56 Å². The minimum Gasteiger partial charge on any atom is -0.362 e. The predicted molar refractivity (Wildman–Crippen MR) is 90.7 cm³/mol. The molecule has 7 heteroatoms. The van der Waals surface area contributed by atoms with E-state index in [4.69, 9.17) is 0 Å². The molecule has 2 aromatic rings. The first-order chi connectivity index (χ1) is 12.1. The maximum absolute atomic E-state index is 13.6. The van der Waals surface area contributed by atoms with Gasteiger partial charge in [0.1, 0.15) is 0 Å². The van der Waals surface area contributed by atoms with Crippen molar-refractivity contribution in [3.05, 3.63) is 70.8 Å². The zero-order chi connectivity index (χ0) is 19.1. The molecule has 0 saturated carbocycles. The van der Waals surface area contributed by atoms with Crippen LogP contribution in [0.25, 0.3) is 0 Å². The summed E-state index contributed by atoms with van der Waals surface area (Å²) in [6.45, 7) is 3.64. The second-order valence-corrected chi connectivity index (χ2v) is 6.39. The Balaban J connectivity index is 2.03. The minimum absolute atomic E-state index is 0.00490. The summed E-state index contributed by atoms with van der Waals surface area (Å²) in [5.41, 5.74) is -1.13. The van der Waals surface area contributed by atoms with Gasteiger partial charge in [-0.2, -0.15) is 23.3 Å². The molecule has 1 amide bonds. The summed E-state index contributed by atoms with van der Waals surface area (Å²) in [7, 11) is 0. The predicted octanol–water partition coefficient (Wildman–Crippen LogP) is 3.80. The Morgan fingerprint density at radius 3 is 2.04 bits per heavy atom. The minimum atomic E-state index is -5.05. The second-order valence-electron chi connectivity index (χ2n) is 6.39. The number of hydrazone groups is 1. The standard InChI is InChI=1S/C19H17F3N2O2/c1-12-3-7-14(8-4-12)16-11-18(26,19(20,21)22)24(23-16)17(25)15-9-5-13(2)6-10-15/h3-10,26H,11H2,1-2H3/t18-/m0/s1. The van der Waals surface area contributed by atoms with Crippen molar-refractivity contribution in [1.82, 2.24) is 5.01 Å². The van der Waals surface area contributed by atoms with Crippen molar-refractivity contribution in [2.24, 2.45) is 5.10 Å². The molecule has 136 valence electrons. The van der Waals surface area contributed by atoms with Crippen LogP contribution < -0.4 is 0 Å². The maximum Gasteiger partial charge on any atom is 0.438 e. The van der Waals surface area contributed by atoms with Gasteiger partial charge < -0.3 is 5.11 Å². The lowest BCUT2D eigenvalue weighted by molar-refractivity contribution is -0.297. The van der Waals surface area contributed by atoms with Crippen LogP contribution in [0.3, 0.4) is 0 Å². The Bertz CT molecular complexity index is 858. The number of carbonyl (C=O) groups is 1. The van der Waals surface area contributed by atoms with Gasteiger partial charge in [-0.15, -0.1) is 0 Å². The molecule has 1 aliphatic heterocycles. The van der Waals surface area contributed by atoms with Crippen molar-refractivity contribution in [3.63, 3.8) is 0 Å². The Morgan fingerprint density at radius 1 is 1.04 bits per heavy atom. The first kappa shape index (κ1) is 18.1. The van der Waals surface area contributed by atoms with E-state index in [0.29, 0.717) is 5.56 Å². The van der Waals surface area contributed by atoms with E-state index in [1.807, 2.05) is 6.92 Å². The second kappa shape index (κ2) is 6.25. The molecule has 0 unspecified atom stereocenters. The highest BCUT2D eigenvalue weighted by Crippen LogP contribution is 2.42. The van der Waals surface area contributed by atoms with Gasteiger partial charge in [-0.05, 0) is 31.5 Å². The highest BCUT2D eigenvalue weighted by molar-refractivity contribution is 6.05. The summed E-state index contributed by atoms with van der Waals surface area (Å²) in [6, 6.07) is 12.7. The lowest BCUT2D eigenvalue weighted by atomic mass is 9.99. The molecule has 0 aliphatic carbocycles. The first-order valence-corrected chi connectivity index (χ1v) is 7.97. The van der Waals surface area contributed by atoms with Crippen molar-refractivity contribution in [3.8, 4) is 0 Å². The molecule has 3 rings (SSSR count). The summed E-state index contributed by atoms with van der Waals surface area (Å²) in [5, 5.41) is 14.3. The normalized spacial score (nSPS) is 20.2. The van der Waals surface area contributed by atoms with Gasteiger partial charge >= 0.3 is 6.18 Å². The van der Waals surface area contributed by atoms with Crippen LogP contribution in [0.15, 0.2) is 53.6 Å². The first-order valence-electron chi connectivity index (χ1n) is 7.97. The highest BCUT2D eigenvalue weighted by Gasteiger charge is 2.63. The van der Waals surface area contributed by atoms with E-state index < -0.39 is 24.2 Å². The van der Waals surface area contributed by atoms with E-state index in [1.54, 1.807) is 43.3 Å². The van der Waals surface area contributed by atoms with Crippen molar-refractivity contribution in [2.75, 3.05) is 0 Å². The SMILES string of the molecule is Cc1ccc(C(=O)N2N=C(c3ccc(C)cc3)C[C@]2(O)C(F)(F)F)cc1. The van der Waals surface area contributed by atoms with E-state index in [-0.39, 0.29) is 16.3 Å². The third-order valence-corrected chi connectivity index (χ3v) is 4.31. The summed E-state index contributed by atoms with van der Waals surface area (Å²) in [6.07, 6.45) is -5.87. The van der Waals surface area contributed by atoms with E-state index >= 15 is 0 Å². The van der Waals surface area contributed by atoms with Crippen LogP contribution >= 0.6 is 0 Å². The number of aliphatic hydroxyl groups is 1. The number of aryl methyl sites for hydroxylation is 2. The van der Waals surface area contributed by atoms with Gasteiger partial charge in [0.05, 0.1) is 12.1 Å². The third kappa shape index (κ3) is 3.10. The fraction of sp³-hybridized carbons (Fsp3) is 0.263. The number of hydrogen-bond donors (Lipinski definition) is 1. The smallest absolute Gasteiger partial charge is 0.362 e. The van der Waals surface area contributed by atoms with Crippen molar-refractivity contribution < 1.29 is 23.1 Å². The number of benzene rings is 2. The molecular weight excluding hydrogens is 345 g/mol. The summed E-state index contributed by atoms with van der Waals surface area (Å²) in [4.78, 5) is 12.6. The van der Waals surface area contributed by atoms with Gasteiger partial charge in [-0.1, -0.05) is 47.5 Å². The molecule has 2 aromatic carbocycles. The lowest BCUT2D eigenvalue weighted by Gasteiger charge is -2.32. The van der Waals surface area contributed by atoms with Gasteiger partial charge in [-0.3, -0.25) is 4.79 Å². The van der Waals surface area contributed by atoms with E-state index in [1.165, 1.54) is 12.1 Å². The Labute approximate surface area is 148 Å². The molecule has 0 spiro atoms. The van der Waals surface area contributed by atoms with Gasteiger partial charge in [0.2, 0.25) is 0 Å². The van der Waals surface area contributed by atoms with Crippen LogP contribution in [0.5, 0.6) is 0 Å². The molecule has 26 heavy (non-hydrogen) atoms. The van der Waals surface area contributed by atoms with E-state index in [9.17, 15) is 23.1 Å². The zero-order valence-electron chi connectivity index (χ0n) is 14.2. The van der Waals surface area contributed by atoms with Crippen molar-refractivity contribution >= 4 is 11.6 Å². The molecule has 1 aliphatic rings. The highest BCUT2D eigenvalue weighted by atomic mass is 19.4. The number of amides is 1. The molecule has 0 fully saturated rings. The van der Waals surface area contributed by atoms with E-state index in [0.717, 1.165) is 11.1 Å². The van der Waals surface area contributed by atoms with Gasteiger partial charge in [0.15, 0.2) is 0 Å². The largest absolute Gasteiger partial charge is 0.438 e. The van der Waals surface area contributed by atoms with Crippen LogP contribution in [0.2, 0.25) is 0 Å². The molecular formula is C19H17F3N2O2. The number of alkyl halides is 3. The summed E-state index contributed by atoms with van der Waals surface area (Å²) in [5.74, 6) is -1.01. The molecule has 0 saturated heterocycles. The molecule has 1 N–H and O–H groups in total. The lowest BCUT2D eigenvalue weighted by Crippen LogP contribution is -2.56. The van der Waals surface area contributed by atoms with Crippen LogP contribution in [0.4, 0.5) is 13.2 Å². The Morgan fingerprint density at radius 2 is 1.54 bits per heavy atom. The molecule has 0 bridgehead atoms. The molecule has 0 radical (unpaired) electrons. The van der Waals surface area contributed by atoms with E-state index in [2.05, 4.69) is 5.10 Å². The number of hydrogen-bond acceptors (Lipinski definition) is 3. The fourth-order valence-electron chi connectivity index (χ4n) is 2.71. The van der Waals surface area contributed by atoms with Crippen molar-refractivity contribution in [1.29, 1.82) is 0 Å². The zero-order valence-corrected chi connectivity index (χ0v) is 14.2. The Hall–Kier alpha value is -2.67. The topological polar surface area (TPSA) is 52.9 Å². The average molecular weight is 362 g/mol. The quantitative estimate of drug-likeness (QED) is 0.883. The monoisotopic (exact) mass is 362 g/mol. The third-order valence-electron chi connectivity index (χ3n) is 4.31. The van der Waals surface area contributed by atoms with Gasteiger partial charge in [0.25, 0.3) is 11.6 Å². The summed E-state index contributed by atoms with van der Waals surface area (Å²) < 4.78 is 40.7. The fourth-order valence-corrected chi connectivity index (χ4v) is 2.71. The number of rotatable bonds is 2. The number of halogens is 3. The Kier molecular flexibility index (Phi) is 4.36. The molecule has 0 aromatic heterocycles. The maximum atomic E-state index is 13.6. The number of nitrogens with zero attached hydrogens (tertiary/aromatic N) is 2. The number of carbonyl (C=O) groups excluding carboxylic acids is 1.